The second-order valence-electron chi connectivity index (χ2n) is 9.22. The van der Waals surface area contributed by atoms with Crippen molar-refractivity contribution >= 4 is 58.4 Å². The van der Waals surface area contributed by atoms with Crippen molar-refractivity contribution in [3.63, 3.8) is 0 Å². The van der Waals surface area contributed by atoms with E-state index in [2.05, 4.69) is 5.32 Å². The predicted molar refractivity (Wildman–Crippen MR) is 156 cm³/mol. The van der Waals surface area contributed by atoms with Gasteiger partial charge < -0.3 is 10.2 Å². The molecule has 0 aliphatic heterocycles. The van der Waals surface area contributed by atoms with Crippen molar-refractivity contribution in [1.82, 2.24) is 10.2 Å². The van der Waals surface area contributed by atoms with Gasteiger partial charge in [0.2, 0.25) is 11.8 Å². The molecule has 0 radical (unpaired) electrons. The number of carbonyl (C=O) groups excluding carboxylic acids is 2. The molecular formula is C29H31Cl3N2O2S. The zero-order chi connectivity index (χ0) is 26.8. The van der Waals surface area contributed by atoms with Crippen LogP contribution in [0.3, 0.4) is 0 Å². The maximum Gasteiger partial charge on any atom is 0.243 e. The minimum absolute atomic E-state index is 0.134. The van der Waals surface area contributed by atoms with Gasteiger partial charge >= 0.3 is 0 Å². The Kier molecular flexibility index (Phi) is 11.7. The summed E-state index contributed by atoms with van der Waals surface area (Å²) >= 11 is 20.1. The summed E-state index contributed by atoms with van der Waals surface area (Å²) in [7, 11) is 0. The fraction of sp³-hybridized carbons (Fsp3) is 0.310. The second kappa shape index (κ2) is 14.7. The lowest BCUT2D eigenvalue weighted by molar-refractivity contribution is -0.139. The predicted octanol–water partition coefficient (Wildman–Crippen LogP) is 7.29. The number of carbonyl (C=O) groups is 2. The van der Waals surface area contributed by atoms with Crippen LogP contribution >= 0.6 is 46.6 Å². The quantitative estimate of drug-likeness (QED) is 0.246. The van der Waals surface area contributed by atoms with E-state index in [4.69, 9.17) is 34.8 Å². The van der Waals surface area contributed by atoms with Gasteiger partial charge in [-0.3, -0.25) is 9.59 Å². The largest absolute Gasteiger partial charge is 0.354 e. The minimum atomic E-state index is -0.698. The fourth-order valence-electron chi connectivity index (χ4n) is 3.73. The highest BCUT2D eigenvalue weighted by molar-refractivity contribution is 7.99. The van der Waals surface area contributed by atoms with Crippen LogP contribution in [0.1, 0.15) is 30.5 Å². The smallest absolute Gasteiger partial charge is 0.243 e. The van der Waals surface area contributed by atoms with Gasteiger partial charge in [-0.15, -0.1) is 11.8 Å². The highest BCUT2D eigenvalue weighted by Gasteiger charge is 2.30. The first-order valence-electron chi connectivity index (χ1n) is 12.1. The van der Waals surface area contributed by atoms with Crippen LogP contribution in [0.25, 0.3) is 0 Å². The number of rotatable bonds is 12. The summed E-state index contributed by atoms with van der Waals surface area (Å²) in [5, 5.41) is 4.67. The van der Waals surface area contributed by atoms with Gasteiger partial charge in [0.25, 0.3) is 0 Å². The monoisotopic (exact) mass is 576 g/mol. The van der Waals surface area contributed by atoms with E-state index in [0.717, 1.165) is 16.7 Å². The molecule has 0 saturated heterocycles. The Morgan fingerprint density at radius 2 is 1.57 bits per heavy atom. The highest BCUT2D eigenvalue weighted by atomic mass is 35.5. The molecule has 3 aromatic rings. The molecule has 0 fully saturated rings. The molecule has 2 amide bonds. The minimum Gasteiger partial charge on any atom is -0.354 e. The molecule has 1 atom stereocenters. The van der Waals surface area contributed by atoms with Crippen molar-refractivity contribution in [2.45, 2.75) is 38.6 Å². The number of halogens is 3. The van der Waals surface area contributed by atoms with Crippen molar-refractivity contribution in [2.24, 2.45) is 5.92 Å². The Morgan fingerprint density at radius 3 is 2.22 bits per heavy atom. The van der Waals surface area contributed by atoms with Gasteiger partial charge in [0, 0.05) is 40.3 Å². The molecule has 0 aliphatic rings. The summed E-state index contributed by atoms with van der Waals surface area (Å²) in [6.45, 7) is 4.80. The van der Waals surface area contributed by atoms with E-state index >= 15 is 0 Å². The van der Waals surface area contributed by atoms with Crippen LogP contribution in [0.5, 0.6) is 0 Å². The van der Waals surface area contributed by atoms with E-state index < -0.39 is 6.04 Å². The van der Waals surface area contributed by atoms with Crippen LogP contribution in [0.4, 0.5) is 0 Å². The molecule has 8 heteroatoms. The average molecular weight is 578 g/mol. The van der Waals surface area contributed by atoms with E-state index in [1.165, 1.54) is 11.8 Å². The lowest BCUT2D eigenvalue weighted by atomic mass is 10.0. The van der Waals surface area contributed by atoms with Crippen LogP contribution in [0.15, 0.2) is 72.8 Å². The van der Waals surface area contributed by atoms with Crippen molar-refractivity contribution in [1.29, 1.82) is 0 Å². The zero-order valence-corrected chi connectivity index (χ0v) is 24.0. The Morgan fingerprint density at radius 1 is 0.892 bits per heavy atom. The Balaban J connectivity index is 1.86. The lowest BCUT2D eigenvalue weighted by Crippen LogP contribution is -2.51. The van der Waals surface area contributed by atoms with Gasteiger partial charge in [0.1, 0.15) is 6.04 Å². The SMILES string of the molecule is CC(C)CNC(=O)[C@H](Cc1ccccc1)N(Cc1ccc(Cl)cc1Cl)C(=O)CSCc1ccc(Cl)cc1. The van der Waals surface area contributed by atoms with Gasteiger partial charge in [-0.05, 0) is 46.9 Å². The number of hydrogen-bond donors (Lipinski definition) is 1. The first-order valence-corrected chi connectivity index (χ1v) is 14.4. The Bertz CT molecular complexity index is 1170. The average Bonchev–Trinajstić information content (AvgIpc) is 2.87. The summed E-state index contributed by atoms with van der Waals surface area (Å²) in [5.41, 5.74) is 2.78. The van der Waals surface area contributed by atoms with Gasteiger partial charge in [-0.1, -0.05) is 97.2 Å². The van der Waals surface area contributed by atoms with Crippen molar-refractivity contribution in [2.75, 3.05) is 12.3 Å². The van der Waals surface area contributed by atoms with E-state index in [-0.39, 0.29) is 30.0 Å². The number of nitrogens with zero attached hydrogens (tertiary/aromatic N) is 1. The molecule has 4 nitrogen and oxygen atoms in total. The van der Waals surface area contributed by atoms with Crippen molar-refractivity contribution < 1.29 is 9.59 Å². The molecule has 0 unspecified atom stereocenters. The van der Waals surface area contributed by atoms with E-state index in [9.17, 15) is 9.59 Å². The van der Waals surface area contributed by atoms with Gasteiger partial charge in [-0.2, -0.15) is 0 Å². The molecule has 3 aromatic carbocycles. The van der Waals surface area contributed by atoms with E-state index in [0.29, 0.717) is 33.8 Å². The number of thioether (sulfide) groups is 1. The Labute approximate surface area is 238 Å². The standard InChI is InChI=1S/C29H31Cl3N2O2S/c1-20(2)16-33-29(36)27(14-21-6-4-3-5-7-21)34(17-23-10-13-25(31)15-26(23)32)28(35)19-37-18-22-8-11-24(30)12-9-22/h3-13,15,20,27H,14,16-19H2,1-2H3,(H,33,36)/t27-/m0/s1. The highest BCUT2D eigenvalue weighted by Crippen LogP contribution is 2.25. The third-order valence-corrected chi connectivity index (χ3v) is 7.55. The fourth-order valence-corrected chi connectivity index (χ4v) is 5.19. The van der Waals surface area contributed by atoms with Crippen LogP contribution in [0.2, 0.25) is 15.1 Å². The molecule has 0 bridgehead atoms. The van der Waals surface area contributed by atoms with Gasteiger partial charge in [-0.25, -0.2) is 0 Å². The summed E-state index contributed by atoms with van der Waals surface area (Å²) in [5.74, 6) is 0.841. The number of nitrogens with one attached hydrogen (secondary N) is 1. The first-order chi connectivity index (χ1) is 17.7. The zero-order valence-electron chi connectivity index (χ0n) is 20.9. The molecule has 0 spiro atoms. The van der Waals surface area contributed by atoms with Crippen LogP contribution in [0, 0.1) is 5.92 Å². The molecule has 3 rings (SSSR count). The van der Waals surface area contributed by atoms with Gasteiger partial charge in [0.05, 0.1) is 5.75 Å². The Hall–Kier alpha value is -2.18. The van der Waals surface area contributed by atoms with Crippen LogP contribution in [-0.4, -0.2) is 35.1 Å². The molecule has 1 N–H and O–H groups in total. The summed E-state index contributed by atoms with van der Waals surface area (Å²) < 4.78 is 0. The molecule has 0 aromatic heterocycles. The molecule has 196 valence electrons. The van der Waals surface area contributed by atoms with Gasteiger partial charge in [0.15, 0.2) is 0 Å². The molecular weight excluding hydrogens is 547 g/mol. The van der Waals surface area contributed by atoms with Crippen molar-refractivity contribution in [3.05, 3.63) is 105 Å². The maximum absolute atomic E-state index is 13.7. The summed E-state index contributed by atoms with van der Waals surface area (Å²) in [6, 6.07) is 21.8. The maximum atomic E-state index is 13.7. The van der Waals surface area contributed by atoms with Crippen LogP contribution in [-0.2, 0) is 28.3 Å². The number of hydrogen-bond acceptors (Lipinski definition) is 3. The molecule has 37 heavy (non-hydrogen) atoms. The summed E-state index contributed by atoms with van der Waals surface area (Å²) in [4.78, 5) is 28.8. The molecule has 0 aliphatic carbocycles. The van der Waals surface area contributed by atoms with Crippen LogP contribution < -0.4 is 5.32 Å². The topological polar surface area (TPSA) is 49.4 Å². The number of benzene rings is 3. The van der Waals surface area contributed by atoms with E-state index in [1.807, 2.05) is 68.4 Å². The summed E-state index contributed by atoms with van der Waals surface area (Å²) in [6.07, 6.45) is 0.392. The molecule has 0 saturated carbocycles. The third kappa shape index (κ3) is 9.57. The normalized spacial score (nSPS) is 11.8. The van der Waals surface area contributed by atoms with Crippen molar-refractivity contribution in [3.8, 4) is 0 Å². The lowest BCUT2D eigenvalue weighted by Gasteiger charge is -2.32. The third-order valence-electron chi connectivity index (χ3n) is 5.72. The molecule has 0 heterocycles. The van der Waals surface area contributed by atoms with E-state index in [1.54, 1.807) is 23.1 Å². The number of amides is 2. The second-order valence-corrected chi connectivity index (χ2v) is 11.5. The first kappa shape index (κ1) is 29.4.